The molecule has 0 saturated carbocycles. The Morgan fingerprint density at radius 1 is 1.30 bits per heavy atom. The summed E-state index contributed by atoms with van der Waals surface area (Å²) in [6.45, 7) is 4.56. The fraction of sp³-hybridized carbons (Fsp3) is 0.471. The zero-order valence-corrected chi connectivity index (χ0v) is 13.9. The highest BCUT2D eigenvalue weighted by molar-refractivity contribution is 7.16. The van der Waals surface area contributed by atoms with Crippen molar-refractivity contribution < 1.29 is 4.79 Å². The number of pyridine rings is 1. The summed E-state index contributed by atoms with van der Waals surface area (Å²) in [5, 5.41) is 3.78. The van der Waals surface area contributed by atoms with Gasteiger partial charge in [-0.2, -0.15) is 0 Å². The van der Waals surface area contributed by atoms with Crippen LogP contribution in [0.5, 0.6) is 0 Å². The number of carbonyl (C=O) groups excluding carboxylic acids is 1. The van der Waals surface area contributed by atoms with Gasteiger partial charge in [-0.25, -0.2) is 4.98 Å². The highest BCUT2D eigenvalue weighted by Crippen LogP contribution is 2.32. The lowest BCUT2D eigenvalue weighted by atomic mass is 9.79. The van der Waals surface area contributed by atoms with Crippen LogP contribution in [0.4, 0.5) is 0 Å². The second kappa shape index (κ2) is 6.02. The minimum absolute atomic E-state index is 0.0408. The average molecular weight is 328 g/mol. The van der Waals surface area contributed by atoms with Crippen LogP contribution in [0.3, 0.4) is 0 Å². The van der Waals surface area contributed by atoms with Gasteiger partial charge < -0.3 is 5.32 Å². The average Bonchev–Trinajstić information content (AvgIpc) is 3.09. The lowest BCUT2D eigenvalue weighted by Crippen LogP contribution is -2.62. The van der Waals surface area contributed by atoms with Crippen LogP contribution in [0.1, 0.15) is 29.6 Å². The zero-order valence-electron chi connectivity index (χ0n) is 13.1. The van der Waals surface area contributed by atoms with Crippen LogP contribution >= 0.6 is 11.3 Å². The van der Waals surface area contributed by atoms with Crippen molar-refractivity contribution in [3.8, 4) is 10.4 Å². The van der Waals surface area contributed by atoms with Crippen molar-refractivity contribution >= 4 is 17.2 Å². The Bertz CT molecular complexity index is 692. The number of hydrogen-bond donors (Lipinski definition) is 1. The SMILES string of the molecule is C[C@@H]1[C@H](NC(=O)c2ncc(-c3ccncc3)s2)C2CCN1CC2. The van der Waals surface area contributed by atoms with E-state index in [4.69, 9.17) is 0 Å². The predicted octanol–water partition coefficient (Wildman–Crippen LogP) is 2.42. The maximum Gasteiger partial charge on any atom is 0.280 e. The molecule has 2 aromatic rings. The summed E-state index contributed by atoms with van der Waals surface area (Å²) in [5.41, 5.74) is 1.05. The number of amides is 1. The molecule has 6 heteroatoms. The third kappa shape index (κ3) is 2.77. The van der Waals surface area contributed by atoms with E-state index in [9.17, 15) is 4.79 Å². The Balaban J connectivity index is 1.49. The number of fused-ring (bicyclic) bond motifs is 3. The normalized spacial score (nSPS) is 29.4. The standard InChI is InChI=1S/C17H20N4OS/c1-11-15(13-4-8-21(11)9-5-13)20-16(22)17-19-10-14(23-17)12-2-6-18-7-3-12/h2-3,6-7,10-11,13,15H,4-5,8-9H2,1H3,(H,20,22)/t11-,15+/m1/s1. The number of aromatic nitrogens is 2. The number of nitrogens with one attached hydrogen (secondary N) is 1. The summed E-state index contributed by atoms with van der Waals surface area (Å²) in [6, 6.07) is 4.54. The van der Waals surface area contributed by atoms with Gasteiger partial charge in [0.15, 0.2) is 5.01 Å². The molecule has 2 atom stereocenters. The summed E-state index contributed by atoms with van der Waals surface area (Å²) in [6.07, 6.45) is 7.66. The first-order chi connectivity index (χ1) is 11.2. The third-order valence-corrected chi connectivity index (χ3v) is 6.19. The molecule has 3 saturated heterocycles. The first-order valence-electron chi connectivity index (χ1n) is 8.13. The number of nitrogens with zero attached hydrogens (tertiary/aromatic N) is 3. The molecule has 3 aliphatic rings. The highest BCUT2D eigenvalue weighted by atomic mass is 32.1. The molecule has 23 heavy (non-hydrogen) atoms. The van der Waals surface area contributed by atoms with E-state index < -0.39 is 0 Å². The smallest absolute Gasteiger partial charge is 0.280 e. The molecule has 0 aromatic carbocycles. The summed E-state index contributed by atoms with van der Waals surface area (Å²) in [7, 11) is 0. The predicted molar refractivity (Wildman–Crippen MR) is 90.4 cm³/mol. The van der Waals surface area contributed by atoms with Gasteiger partial charge in [-0.1, -0.05) is 0 Å². The minimum atomic E-state index is -0.0408. The van der Waals surface area contributed by atoms with Gasteiger partial charge in [0.25, 0.3) is 5.91 Å². The maximum atomic E-state index is 12.6. The number of carbonyl (C=O) groups is 1. The largest absolute Gasteiger partial charge is 0.345 e. The molecule has 0 radical (unpaired) electrons. The molecular weight excluding hydrogens is 308 g/mol. The van der Waals surface area contributed by atoms with Crippen molar-refractivity contribution in [1.82, 2.24) is 20.2 Å². The topological polar surface area (TPSA) is 58.1 Å². The Hall–Kier alpha value is -1.79. The van der Waals surface area contributed by atoms with Gasteiger partial charge in [0.2, 0.25) is 0 Å². The second-order valence-electron chi connectivity index (χ2n) is 6.38. The Labute approximate surface area is 139 Å². The molecular formula is C17H20N4OS. The molecule has 0 spiro atoms. The van der Waals surface area contributed by atoms with Crippen molar-refractivity contribution in [2.75, 3.05) is 13.1 Å². The summed E-state index contributed by atoms with van der Waals surface area (Å²) < 4.78 is 0. The van der Waals surface area contributed by atoms with Crippen molar-refractivity contribution in [2.24, 2.45) is 5.92 Å². The molecule has 2 aromatic heterocycles. The van der Waals surface area contributed by atoms with Gasteiger partial charge in [-0.3, -0.25) is 14.7 Å². The molecule has 1 N–H and O–H groups in total. The van der Waals surface area contributed by atoms with E-state index in [0.717, 1.165) is 10.4 Å². The van der Waals surface area contributed by atoms with Crippen LogP contribution < -0.4 is 5.32 Å². The monoisotopic (exact) mass is 328 g/mol. The van der Waals surface area contributed by atoms with Gasteiger partial charge in [0.05, 0.1) is 4.88 Å². The molecule has 5 heterocycles. The Morgan fingerprint density at radius 2 is 2.04 bits per heavy atom. The van der Waals surface area contributed by atoms with Crippen LogP contribution in [0.2, 0.25) is 0 Å². The van der Waals surface area contributed by atoms with Crippen LogP contribution in [0.25, 0.3) is 10.4 Å². The molecule has 5 rings (SSSR count). The molecule has 0 unspecified atom stereocenters. The van der Waals surface area contributed by atoms with Gasteiger partial charge in [-0.15, -0.1) is 11.3 Å². The summed E-state index contributed by atoms with van der Waals surface area (Å²) in [5.74, 6) is 0.569. The fourth-order valence-electron chi connectivity index (χ4n) is 3.79. The first-order valence-corrected chi connectivity index (χ1v) is 8.95. The first kappa shape index (κ1) is 14.8. The van der Waals surface area contributed by atoms with Crippen LogP contribution in [-0.4, -0.2) is 45.9 Å². The lowest BCUT2D eigenvalue weighted by molar-refractivity contribution is 0.0217. The Morgan fingerprint density at radius 3 is 2.74 bits per heavy atom. The minimum Gasteiger partial charge on any atom is -0.345 e. The van der Waals surface area contributed by atoms with E-state index in [1.807, 2.05) is 12.1 Å². The van der Waals surface area contributed by atoms with E-state index in [1.165, 1.54) is 37.3 Å². The molecule has 3 aliphatic heterocycles. The van der Waals surface area contributed by atoms with Gasteiger partial charge in [0.1, 0.15) is 0 Å². The van der Waals surface area contributed by atoms with E-state index in [1.54, 1.807) is 18.6 Å². The second-order valence-corrected chi connectivity index (χ2v) is 7.41. The van der Waals surface area contributed by atoms with E-state index in [0.29, 0.717) is 17.0 Å². The van der Waals surface area contributed by atoms with Crippen LogP contribution in [0.15, 0.2) is 30.7 Å². The maximum absolute atomic E-state index is 12.6. The van der Waals surface area contributed by atoms with E-state index >= 15 is 0 Å². The zero-order chi connectivity index (χ0) is 15.8. The molecule has 3 fully saturated rings. The lowest BCUT2D eigenvalue weighted by Gasteiger charge is -2.49. The van der Waals surface area contributed by atoms with Gasteiger partial charge in [0, 0.05) is 30.7 Å². The van der Waals surface area contributed by atoms with E-state index in [-0.39, 0.29) is 11.9 Å². The molecule has 1 amide bonds. The molecule has 120 valence electrons. The number of hydrogen-bond acceptors (Lipinski definition) is 5. The van der Waals surface area contributed by atoms with Crippen molar-refractivity contribution in [2.45, 2.75) is 31.8 Å². The summed E-state index contributed by atoms with van der Waals surface area (Å²) >= 11 is 1.44. The van der Waals surface area contributed by atoms with Gasteiger partial charge >= 0.3 is 0 Å². The third-order valence-electron chi connectivity index (χ3n) is 5.14. The number of thiazole rings is 1. The fourth-order valence-corrected chi connectivity index (χ4v) is 4.61. The van der Waals surface area contributed by atoms with Crippen molar-refractivity contribution in [1.29, 1.82) is 0 Å². The summed E-state index contributed by atoms with van der Waals surface area (Å²) in [4.78, 5) is 24.4. The van der Waals surface area contributed by atoms with Crippen LogP contribution in [0, 0.1) is 5.92 Å². The van der Waals surface area contributed by atoms with E-state index in [2.05, 4.69) is 27.1 Å². The molecule has 2 bridgehead atoms. The highest BCUT2D eigenvalue weighted by Gasteiger charge is 2.40. The molecule has 0 aliphatic carbocycles. The van der Waals surface area contributed by atoms with Crippen molar-refractivity contribution in [3.05, 3.63) is 35.7 Å². The van der Waals surface area contributed by atoms with Crippen molar-refractivity contribution in [3.63, 3.8) is 0 Å². The quantitative estimate of drug-likeness (QED) is 0.940. The molecule has 5 nitrogen and oxygen atoms in total. The van der Waals surface area contributed by atoms with Gasteiger partial charge in [-0.05, 0) is 56.5 Å². The number of rotatable bonds is 3. The number of piperidine rings is 3. The Kier molecular flexibility index (Phi) is 3.87. The van der Waals surface area contributed by atoms with Crippen LogP contribution in [-0.2, 0) is 0 Å².